The fraction of sp³-hybridized carbons (Fsp3) is 0.714. The lowest BCUT2D eigenvalue weighted by molar-refractivity contribution is 0.0685. The zero-order chi connectivity index (χ0) is 19.1. The van der Waals surface area contributed by atoms with Crippen LogP contribution in [-0.4, -0.2) is 80.5 Å². The van der Waals surface area contributed by atoms with Crippen LogP contribution in [0, 0.1) is 0 Å². The van der Waals surface area contributed by atoms with Gasteiger partial charge in [0.25, 0.3) is 0 Å². The van der Waals surface area contributed by atoms with Crippen LogP contribution in [0.25, 0.3) is 0 Å². The van der Waals surface area contributed by atoms with Gasteiger partial charge >= 0.3 is 0 Å². The molecule has 2 fully saturated rings. The molecule has 1 atom stereocenters. The van der Waals surface area contributed by atoms with E-state index in [1.807, 2.05) is 12.1 Å². The fourth-order valence-electron chi connectivity index (χ4n) is 3.64. The van der Waals surface area contributed by atoms with Crippen molar-refractivity contribution in [2.24, 2.45) is 0 Å². The molecule has 1 aliphatic heterocycles. The molecule has 0 amide bonds. The smallest absolute Gasteiger partial charge is 0.161 e. The van der Waals surface area contributed by atoms with Crippen LogP contribution in [0.15, 0.2) is 18.2 Å². The van der Waals surface area contributed by atoms with Crippen LogP contribution in [0.5, 0.6) is 11.5 Å². The highest BCUT2D eigenvalue weighted by Gasteiger charge is 2.18. The second-order valence-electron chi connectivity index (χ2n) is 7.92. The first-order valence-electron chi connectivity index (χ1n) is 10.3. The van der Waals surface area contributed by atoms with Gasteiger partial charge in [-0.05, 0) is 57.1 Å². The molecule has 1 aliphatic carbocycles. The van der Waals surface area contributed by atoms with E-state index in [1.54, 1.807) is 7.11 Å². The van der Waals surface area contributed by atoms with Crippen LogP contribution >= 0.6 is 0 Å². The number of β-amino-alcohol motifs (C(OH)–C–C–N with tert-alkyl or cyclic N) is 1. The number of hydrogen-bond acceptors (Lipinski definition) is 6. The summed E-state index contributed by atoms with van der Waals surface area (Å²) in [4.78, 5) is 4.67. The van der Waals surface area contributed by atoms with E-state index in [9.17, 15) is 5.11 Å². The van der Waals surface area contributed by atoms with Crippen molar-refractivity contribution < 1.29 is 14.6 Å². The van der Waals surface area contributed by atoms with Crippen LogP contribution < -0.4 is 14.8 Å². The molecule has 0 aromatic heterocycles. The summed E-state index contributed by atoms with van der Waals surface area (Å²) in [5, 5.41) is 14.0. The first-order chi connectivity index (χ1) is 13.1. The highest BCUT2D eigenvalue weighted by molar-refractivity contribution is 5.43. The van der Waals surface area contributed by atoms with E-state index in [1.165, 1.54) is 24.8 Å². The van der Waals surface area contributed by atoms with Gasteiger partial charge in [0, 0.05) is 32.2 Å². The Bertz CT molecular complexity index is 580. The number of rotatable bonds is 9. The van der Waals surface area contributed by atoms with Crippen molar-refractivity contribution in [2.45, 2.75) is 44.4 Å². The third-order valence-corrected chi connectivity index (χ3v) is 5.64. The van der Waals surface area contributed by atoms with Crippen molar-refractivity contribution in [3.05, 3.63) is 23.8 Å². The lowest BCUT2D eigenvalue weighted by atomic mass is 9.93. The van der Waals surface area contributed by atoms with E-state index >= 15 is 0 Å². The van der Waals surface area contributed by atoms with Crippen molar-refractivity contribution >= 4 is 0 Å². The minimum Gasteiger partial charge on any atom is -0.493 e. The standard InChI is InChI=1S/C21H35N3O3/c1-23-9-4-10-24(12-11-23)15-19(25)16-27-21-13-17(7-8-20(21)26-2)14-22-18-5-3-6-18/h7-8,13,18-19,22,25H,3-6,9-12,14-16H2,1-2H3/t19-/m0/s1. The molecule has 27 heavy (non-hydrogen) atoms. The topological polar surface area (TPSA) is 57.2 Å². The number of aliphatic hydroxyl groups is 1. The third kappa shape index (κ3) is 6.35. The molecule has 1 heterocycles. The molecule has 6 nitrogen and oxygen atoms in total. The number of nitrogens with zero attached hydrogens (tertiary/aromatic N) is 2. The third-order valence-electron chi connectivity index (χ3n) is 5.64. The van der Waals surface area contributed by atoms with Gasteiger partial charge in [-0.3, -0.25) is 4.90 Å². The number of hydrogen-bond donors (Lipinski definition) is 2. The van der Waals surface area contributed by atoms with Crippen LogP contribution in [0.2, 0.25) is 0 Å². The quantitative estimate of drug-likeness (QED) is 0.683. The van der Waals surface area contributed by atoms with Gasteiger partial charge in [-0.15, -0.1) is 0 Å². The first kappa shape index (κ1) is 20.4. The number of methoxy groups -OCH3 is 1. The van der Waals surface area contributed by atoms with Crippen LogP contribution in [0.3, 0.4) is 0 Å². The summed E-state index contributed by atoms with van der Waals surface area (Å²) in [5.41, 5.74) is 1.18. The van der Waals surface area contributed by atoms with Crippen molar-refractivity contribution in [1.29, 1.82) is 0 Å². The highest BCUT2D eigenvalue weighted by atomic mass is 16.5. The van der Waals surface area contributed by atoms with E-state index in [2.05, 4.69) is 28.2 Å². The zero-order valence-corrected chi connectivity index (χ0v) is 16.8. The van der Waals surface area contributed by atoms with E-state index < -0.39 is 6.10 Å². The number of benzene rings is 1. The minimum absolute atomic E-state index is 0.280. The molecule has 2 N–H and O–H groups in total. The van der Waals surface area contributed by atoms with Gasteiger partial charge in [-0.25, -0.2) is 0 Å². The summed E-state index contributed by atoms with van der Waals surface area (Å²) >= 11 is 0. The van der Waals surface area contributed by atoms with Gasteiger partial charge in [-0.2, -0.15) is 0 Å². The lowest BCUT2D eigenvalue weighted by Crippen LogP contribution is -2.37. The fourth-order valence-corrected chi connectivity index (χ4v) is 3.64. The average Bonchev–Trinajstić information content (AvgIpc) is 2.83. The summed E-state index contributed by atoms with van der Waals surface area (Å²) in [6.07, 6.45) is 4.53. The molecule has 1 aromatic carbocycles. The molecule has 0 spiro atoms. The normalized spacial score (nSPS) is 20.7. The summed E-state index contributed by atoms with van der Waals surface area (Å²) in [6.45, 7) is 5.99. The Balaban J connectivity index is 1.49. The molecule has 6 heteroatoms. The summed E-state index contributed by atoms with van der Waals surface area (Å²) < 4.78 is 11.4. The Labute approximate surface area is 163 Å². The molecule has 0 radical (unpaired) electrons. The Kier molecular flexibility index (Phi) is 7.76. The molecular weight excluding hydrogens is 342 g/mol. The molecule has 152 valence electrons. The SMILES string of the molecule is COc1ccc(CNC2CCC2)cc1OC[C@@H](O)CN1CCCN(C)CC1. The molecule has 3 rings (SSSR count). The summed E-state index contributed by atoms with van der Waals surface area (Å²) in [5.74, 6) is 1.42. The molecule has 1 aromatic rings. The van der Waals surface area contributed by atoms with E-state index in [0.717, 1.165) is 39.1 Å². The maximum absolute atomic E-state index is 10.4. The van der Waals surface area contributed by atoms with Gasteiger partial charge in [0.05, 0.1) is 7.11 Å². The summed E-state index contributed by atoms with van der Waals surface area (Å²) in [6, 6.07) is 6.70. The van der Waals surface area contributed by atoms with Gasteiger partial charge in [0.1, 0.15) is 12.7 Å². The largest absolute Gasteiger partial charge is 0.493 e. The van der Waals surface area contributed by atoms with Crippen LogP contribution in [0.4, 0.5) is 0 Å². The molecular formula is C21H35N3O3. The molecule has 0 unspecified atom stereocenters. The average molecular weight is 378 g/mol. The molecule has 0 bridgehead atoms. The maximum atomic E-state index is 10.4. The zero-order valence-electron chi connectivity index (χ0n) is 16.8. The number of ether oxygens (including phenoxy) is 2. The number of nitrogens with one attached hydrogen (secondary N) is 1. The predicted molar refractivity (Wildman–Crippen MR) is 108 cm³/mol. The van der Waals surface area contributed by atoms with E-state index in [-0.39, 0.29) is 6.61 Å². The molecule has 1 saturated carbocycles. The Morgan fingerprint density at radius 1 is 1.15 bits per heavy atom. The van der Waals surface area contributed by atoms with E-state index in [0.29, 0.717) is 24.1 Å². The van der Waals surface area contributed by atoms with Crippen molar-refractivity contribution in [3.63, 3.8) is 0 Å². The van der Waals surface area contributed by atoms with Gasteiger partial charge < -0.3 is 24.8 Å². The Hall–Kier alpha value is -1.34. The Morgan fingerprint density at radius 2 is 2.00 bits per heavy atom. The monoisotopic (exact) mass is 377 g/mol. The second-order valence-corrected chi connectivity index (χ2v) is 7.92. The first-order valence-corrected chi connectivity index (χ1v) is 10.3. The summed E-state index contributed by atoms with van der Waals surface area (Å²) in [7, 11) is 3.81. The van der Waals surface area contributed by atoms with Crippen LogP contribution in [-0.2, 0) is 6.54 Å². The highest BCUT2D eigenvalue weighted by Crippen LogP contribution is 2.28. The number of aliphatic hydroxyl groups excluding tert-OH is 1. The maximum Gasteiger partial charge on any atom is 0.161 e. The number of likely N-dealkylation sites (N-methyl/N-ethyl adjacent to an activating group) is 1. The van der Waals surface area contributed by atoms with Crippen molar-refractivity contribution in [3.8, 4) is 11.5 Å². The van der Waals surface area contributed by atoms with Crippen molar-refractivity contribution in [2.75, 3.05) is 53.5 Å². The predicted octanol–water partition coefficient (Wildman–Crippen LogP) is 1.71. The Morgan fingerprint density at radius 3 is 2.74 bits per heavy atom. The van der Waals surface area contributed by atoms with Crippen molar-refractivity contribution in [1.82, 2.24) is 15.1 Å². The molecule has 2 aliphatic rings. The minimum atomic E-state index is -0.505. The van der Waals surface area contributed by atoms with Gasteiger partial charge in [-0.1, -0.05) is 12.5 Å². The van der Waals surface area contributed by atoms with Gasteiger partial charge in [0.15, 0.2) is 11.5 Å². The van der Waals surface area contributed by atoms with Gasteiger partial charge in [0.2, 0.25) is 0 Å². The molecule has 1 saturated heterocycles. The second kappa shape index (κ2) is 10.3. The van der Waals surface area contributed by atoms with Crippen LogP contribution in [0.1, 0.15) is 31.2 Å². The van der Waals surface area contributed by atoms with E-state index in [4.69, 9.17) is 9.47 Å². The lowest BCUT2D eigenvalue weighted by Gasteiger charge is -2.26.